The number of piperidine rings is 1. The van der Waals surface area contributed by atoms with Gasteiger partial charge in [0.05, 0.1) is 3.57 Å². The molecule has 1 saturated heterocycles. The monoisotopic (exact) mass is 346 g/mol. The van der Waals surface area contributed by atoms with Gasteiger partial charge in [0, 0.05) is 18.8 Å². The zero-order valence-electron chi connectivity index (χ0n) is 10.2. The lowest BCUT2D eigenvalue weighted by atomic mass is 9.99. The zero-order chi connectivity index (χ0) is 12.1. The second kappa shape index (κ2) is 6.49. The summed E-state index contributed by atoms with van der Waals surface area (Å²) < 4.78 is 1.15. The van der Waals surface area contributed by atoms with Crippen LogP contribution in [0.4, 0.5) is 5.82 Å². The Morgan fingerprint density at radius 2 is 2.41 bits per heavy atom. The van der Waals surface area contributed by atoms with Gasteiger partial charge in [0.2, 0.25) is 0 Å². The molecule has 1 unspecified atom stereocenters. The first-order valence-electron chi connectivity index (χ1n) is 6.19. The van der Waals surface area contributed by atoms with Crippen LogP contribution in [0.5, 0.6) is 0 Å². The fourth-order valence-corrected chi connectivity index (χ4v) is 3.02. The van der Waals surface area contributed by atoms with E-state index in [0.717, 1.165) is 22.5 Å². The summed E-state index contributed by atoms with van der Waals surface area (Å²) in [5.74, 6) is 1.11. The van der Waals surface area contributed by atoms with Gasteiger partial charge in [-0.15, -0.1) is 0 Å². The molecule has 0 spiro atoms. The summed E-state index contributed by atoms with van der Waals surface area (Å²) in [5, 5.41) is 3.24. The van der Waals surface area contributed by atoms with Crippen LogP contribution in [-0.4, -0.2) is 36.1 Å². The summed E-state index contributed by atoms with van der Waals surface area (Å²) in [5.41, 5.74) is 0. The topological polar surface area (TPSA) is 41.0 Å². The van der Waals surface area contributed by atoms with Crippen LogP contribution in [0.15, 0.2) is 12.5 Å². The summed E-state index contributed by atoms with van der Waals surface area (Å²) >= 11 is 2.33. The molecule has 0 aliphatic carbocycles. The summed E-state index contributed by atoms with van der Waals surface area (Å²) in [6.45, 7) is 2.20. The van der Waals surface area contributed by atoms with Gasteiger partial charge in [-0.2, -0.15) is 0 Å². The average Bonchev–Trinajstić information content (AvgIpc) is 2.37. The maximum Gasteiger partial charge on any atom is 0.145 e. The van der Waals surface area contributed by atoms with Crippen molar-refractivity contribution in [3.63, 3.8) is 0 Å². The molecule has 2 rings (SSSR count). The molecule has 0 amide bonds. The van der Waals surface area contributed by atoms with E-state index >= 15 is 0 Å². The molecule has 1 atom stereocenters. The predicted molar refractivity (Wildman–Crippen MR) is 78.3 cm³/mol. The molecule has 0 saturated carbocycles. The second-order valence-electron chi connectivity index (χ2n) is 4.43. The van der Waals surface area contributed by atoms with E-state index in [0.29, 0.717) is 6.04 Å². The molecule has 1 aromatic rings. The number of rotatable bonds is 4. The fourth-order valence-electron chi connectivity index (χ4n) is 2.41. The van der Waals surface area contributed by atoms with Crippen LogP contribution >= 0.6 is 22.6 Å². The zero-order valence-corrected chi connectivity index (χ0v) is 12.4. The van der Waals surface area contributed by atoms with Crippen molar-refractivity contribution in [1.29, 1.82) is 0 Å². The summed E-state index contributed by atoms with van der Waals surface area (Å²) in [6, 6.07) is 0.625. The van der Waals surface area contributed by atoms with Crippen molar-refractivity contribution in [2.45, 2.75) is 31.7 Å². The number of aromatic nitrogens is 2. The van der Waals surface area contributed by atoms with Gasteiger partial charge in [0.25, 0.3) is 0 Å². The Kier molecular flexibility index (Phi) is 4.97. The minimum atomic E-state index is 0.625. The number of hydrogen-bond donors (Lipinski definition) is 1. The molecule has 94 valence electrons. The van der Waals surface area contributed by atoms with E-state index in [1.54, 1.807) is 6.33 Å². The van der Waals surface area contributed by atoms with Gasteiger partial charge < -0.3 is 10.2 Å². The summed E-state index contributed by atoms with van der Waals surface area (Å²) in [4.78, 5) is 11.0. The normalized spacial score (nSPS) is 20.6. The molecule has 0 radical (unpaired) electrons. The van der Waals surface area contributed by atoms with Crippen molar-refractivity contribution >= 4 is 28.4 Å². The highest BCUT2D eigenvalue weighted by Crippen LogP contribution is 2.27. The highest BCUT2D eigenvalue weighted by Gasteiger charge is 2.24. The van der Waals surface area contributed by atoms with E-state index in [2.05, 4.69) is 42.8 Å². The Morgan fingerprint density at radius 1 is 1.53 bits per heavy atom. The van der Waals surface area contributed by atoms with Crippen LogP contribution in [-0.2, 0) is 0 Å². The van der Waals surface area contributed by atoms with Crippen molar-refractivity contribution in [2.24, 2.45) is 0 Å². The van der Waals surface area contributed by atoms with Gasteiger partial charge in [-0.25, -0.2) is 9.97 Å². The third kappa shape index (κ3) is 3.28. The van der Waals surface area contributed by atoms with Gasteiger partial charge in [-0.3, -0.25) is 0 Å². The van der Waals surface area contributed by atoms with Crippen LogP contribution in [0.3, 0.4) is 0 Å². The molecule has 1 aromatic heterocycles. The lowest BCUT2D eigenvalue weighted by molar-refractivity contribution is 0.430. The minimum Gasteiger partial charge on any atom is -0.353 e. The van der Waals surface area contributed by atoms with Crippen molar-refractivity contribution in [3.05, 3.63) is 16.1 Å². The molecule has 2 heterocycles. The molecular formula is C12H19IN4. The Labute approximate surface area is 116 Å². The second-order valence-corrected chi connectivity index (χ2v) is 5.59. The number of halogens is 1. The predicted octanol–water partition coefficient (Wildman–Crippen LogP) is 2.05. The smallest absolute Gasteiger partial charge is 0.145 e. The SMILES string of the molecule is CNCCC1CCCCN1c1ncncc1I. The van der Waals surface area contributed by atoms with Crippen molar-refractivity contribution < 1.29 is 0 Å². The first-order valence-corrected chi connectivity index (χ1v) is 7.27. The Bertz CT molecular complexity index is 358. The van der Waals surface area contributed by atoms with E-state index < -0.39 is 0 Å². The van der Waals surface area contributed by atoms with E-state index in [1.165, 1.54) is 25.7 Å². The number of hydrogen-bond acceptors (Lipinski definition) is 4. The van der Waals surface area contributed by atoms with Crippen molar-refractivity contribution in [3.8, 4) is 0 Å². The first kappa shape index (κ1) is 13.0. The third-order valence-electron chi connectivity index (χ3n) is 3.27. The number of anilines is 1. The average molecular weight is 346 g/mol. The lowest BCUT2D eigenvalue weighted by Gasteiger charge is -2.37. The Morgan fingerprint density at radius 3 is 3.18 bits per heavy atom. The standard InChI is InChI=1S/C12H19IN4/c1-14-6-5-10-4-2-3-7-17(10)12-11(13)8-15-9-16-12/h8-10,14H,2-7H2,1H3. The van der Waals surface area contributed by atoms with E-state index in [1.807, 2.05) is 13.2 Å². The first-order chi connectivity index (χ1) is 8.33. The fraction of sp³-hybridized carbons (Fsp3) is 0.667. The van der Waals surface area contributed by atoms with Crippen LogP contribution in [0.25, 0.3) is 0 Å². The van der Waals surface area contributed by atoms with E-state index in [4.69, 9.17) is 0 Å². The van der Waals surface area contributed by atoms with Gasteiger partial charge in [0.1, 0.15) is 12.1 Å². The lowest BCUT2D eigenvalue weighted by Crippen LogP contribution is -2.42. The van der Waals surface area contributed by atoms with Gasteiger partial charge in [-0.05, 0) is 61.9 Å². The molecule has 0 aromatic carbocycles. The summed E-state index contributed by atoms with van der Waals surface area (Å²) in [7, 11) is 2.02. The Balaban J connectivity index is 2.13. The molecule has 4 nitrogen and oxygen atoms in total. The number of nitrogens with zero attached hydrogens (tertiary/aromatic N) is 3. The van der Waals surface area contributed by atoms with Crippen LogP contribution in [0.2, 0.25) is 0 Å². The van der Waals surface area contributed by atoms with Crippen LogP contribution in [0.1, 0.15) is 25.7 Å². The highest BCUT2D eigenvalue weighted by molar-refractivity contribution is 14.1. The molecular weight excluding hydrogens is 327 g/mol. The highest BCUT2D eigenvalue weighted by atomic mass is 127. The van der Waals surface area contributed by atoms with Crippen LogP contribution in [0, 0.1) is 3.57 Å². The maximum absolute atomic E-state index is 4.45. The van der Waals surface area contributed by atoms with E-state index in [-0.39, 0.29) is 0 Å². The van der Waals surface area contributed by atoms with Gasteiger partial charge >= 0.3 is 0 Å². The minimum absolute atomic E-state index is 0.625. The van der Waals surface area contributed by atoms with Crippen molar-refractivity contribution in [2.75, 3.05) is 25.0 Å². The van der Waals surface area contributed by atoms with Crippen molar-refractivity contribution in [1.82, 2.24) is 15.3 Å². The quantitative estimate of drug-likeness (QED) is 0.848. The molecule has 1 fully saturated rings. The molecule has 1 N–H and O–H groups in total. The molecule has 0 bridgehead atoms. The van der Waals surface area contributed by atoms with Gasteiger partial charge in [0.15, 0.2) is 0 Å². The maximum atomic E-state index is 4.45. The largest absolute Gasteiger partial charge is 0.353 e. The number of nitrogens with one attached hydrogen (secondary N) is 1. The molecule has 1 aliphatic heterocycles. The molecule has 1 aliphatic rings. The van der Waals surface area contributed by atoms with Gasteiger partial charge in [-0.1, -0.05) is 0 Å². The van der Waals surface area contributed by atoms with Crippen LogP contribution < -0.4 is 10.2 Å². The summed E-state index contributed by atoms with van der Waals surface area (Å²) in [6.07, 6.45) is 8.63. The third-order valence-corrected chi connectivity index (χ3v) is 4.04. The van der Waals surface area contributed by atoms with E-state index in [9.17, 15) is 0 Å². The molecule has 5 heteroatoms. The Hall–Kier alpha value is -0.430. The molecule has 17 heavy (non-hydrogen) atoms.